The molecule has 11 heteroatoms. The third kappa shape index (κ3) is 7.34. The van der Waals surface area contributed by atoms with Crippen molar-refractivity contribution in [2.45, 2.75) is 49.3 Å². The summed E-state index contributed by atoms with van der Waals surface area (Å²) >= 11 is 7.13. The van der Waals surface area contributed by atoms with E-state index in [0.717, 1.165) is 5.56 Å². The fraction of sp³-hybridized carbons (Fsp3) is 0.364. The minimum Gasteiger partial charge on any atom is -0.319 e. The molecule has 0 spiro atoms. The molecule has 33 heavy (non-hydrogen) atoms. The summed E-state index contributed by atoms with van der Waals surface area (Å²) in [4.78, 5) is 27.3. The van der Waals surface area contributed by atoms with Crippen molar-refractivity contribution in [3.63, 3.8) is 0 Å². The quantitative estimate of drug-likeness (QED) is 0.267. The van der Waals surface area contributed by atoms with Crippen LogP contribution in [0.1, 0.15) is 41.6 Å². The second kappa shape index (κ2) is 11.6. The molecule has 1 aliphatic rings. The third-order valence-corrected chi connectivity index (χ3v) is 6.43. The lowest BCUT2D eigenvalue weighted by atomic mass is 10.0. The molecule has 1 heterocycles. The number of carbonyl (C=O) groups is 2. The molecule has 3 rings (SSSR count). The number of hydrogen-bond donors (Lipinski definition) is 1. The van der Waals surface area contributed by atoms with E-state index in [2.05, 4.69) is 0 Å². The van der Waals surface area contributed by atoms with Crippen LogP contribution in [0.15, 0.2) is 41.3 Å². The summed E-state index contributed by atoms with van der Waals surface area (Å²) in [5, 5.41) is 0.532. The Kier molecular flexibility index (Phi) is 9.60. The predicted octanol–water partition coefficient (Wildman–Crippen LogP) is 6.17. The number of rotatable bonds is 7. The van der Waals surface area contributed by atoms with Gasteiger partial charge in [0.25, 0.3) is 0 Å². The van der Waals surface area contributed by atoms with Crippen molar-refractivity contribution in [3.8, 4) is 0 Å². The molecule has 2 aromatic carbocycles. The van der Waals surface area contributed by atoms with Gasteiger partial charge in [0.2, 0.25) is 5.91 Å². The van der Waals surface area contributed by atoms with Crippen molar-refractivity contribution in [1.29, 1.82) is 0 Å². The summed E-state index contributed by atoms with van der Waals surface area (Å²) in [5.74, 6) is -1.51. The van der Waals surface area contributed by atoms with E-state index in [4.69, 9.17) is 17.3 Å². The molecule has 2 N–H and O–H groups in total. The van der Waals surface area contributed by atoms with Gasteiger partial charge in [-0.2, -0.15) is 13.2 Å². The van der Waals surface area contributed by atoms with Crippen LogP contribution in [0.4, 0.5) is 23.2 Å². The number of alkyl halides is 3. The van der Waals surface area contributed by atoms with Crippen LogP contribution in [0.3, 0.4) is 0 Å². The highest BCUT2D eigenvalue weighted by atomic mass is 35.5. The van der Waals surface area contributed by atoms with Crippen LogP contribution < -0.4 is 10.6 Å². The number of unbranched alkanes of at least 4 members (excludes halogenated alkanes) is 1. The van der Waals surface area contributed by atoms with Crippen LogP contribution in [0.2, 0.25) is 5.02 Å². The Morgan fingerprint density at radius 2 is 1.85 bits per heavy atom. The van der Waals surface area contributed by atoms with Crippen LogP contribution >= 0.6 is 35.8 Å². The van der Waals surface area contributed by atoms with Gasteiger partial charge in [-0.15, -0.1) is 24.2 Å². The fourth-order valence-corrected chi connectivity index (χ4v) is 4.47. The van der Waals surface area contributed by atoms with E-state index >= 15 is 0 Å². The molecule has 2 aromatic rings. The van der Waals surface area contributed by atoms with Gasteiger partial charge in [-0.1, -0.05) is 23.7 Å². The molecule has 1 amide bonds. The molecule has 1 aliphatic heterocycles. The zero-order chi connectivity index (χ0) is 23.5. The van der Waals surface area contributed by atoms with E-state index < -0.39 is 30.2 Å². The molecule has 0 fully saturated rings. The smallest absolute Gasteiger partial charge is 0.319 e. The second-order valence-corrected chi connectivity index (χ2v) is 9.01. The number of nitrogens with two attached hydrogens (primary N) is 1. The van der Waals surface area contributed by atoms with Crippen molar-refractivity contribution < 1.29 is 27.2 Å². The average molecular weight is 525 g/mol. The molecular formula is C22H22Cl2F4N2O2S. The number of fused-ring (bicyclic) bond motifs is 1. The topological polar surface area (TPSA) is 63.4 Å². The van der Waals surface area contributed by atoms with Crippen molar-refractivity contribution in [2.24, 2.45) is 5.73 Å². The monoisotopic (exact) mass is 524 g/mol. The number of Topliss-reactive ketones (excluding diaryl/α,β-unsaturated/α-hetero) is 1. The average Bonchev–Trinajstić information content (AvgIpc) is 2.83. The van der Waals surface area contributed by atoms with Gasteiger partial charge in [0.05, 0.1) is 23.8 Å². The number of ketones is 1. The SMILES string of the molecule is Cl.N[C@H]1CSc2cc(F)c(C(=O)CCCCC(F)(F)F)cc2N(Cc2ccc(Cl)cc2)C1=O. The highest BCUT2D eigenvalue weighted by Crippen LogP contribution is 2.37. The minimum absolute atomic E-state index is 0. The first-order chi connectivity index (χ1) is 15.0. The van der Waals surface area contributed by atoms with Crippen LogP contribution in [0, 0.1) is 5.82 Å². The second-order valence-electron chi connectivity index (χ2n) is 7.51. The normalized spacial score (nSPS) is 16.1. The molecule has 0 aromatic heterocycles. The van der Waals surface area contributed by atoms with Gasteiger partial charge < -0.3 is 10.6 Å². The van der Waals surface area contributed by atoms with Crippen molar-refractivity contribution in [1.82, 2.24) is 0 Å². The molecule has 0 bridgehead atoms. The molecule has 0 unspecified atom stereocenters. The zero-order valence-corrected chi connectivity index (χ0v) is 19.7. The number of halogens is 6. The maximum absolute atomic E-state index is 14.7. The predicted molar refractivity (Wildman–Crippen MR) is 124 cm³/mol. The Labute approximate surface area is 204 Å². The van der Waals surface area contributed by atoms with Gasteiger partial charge >= 0.3 is 6.18 Å². The number of hydrogen-bond acceptors (Lipinski definition) is 4. The van der Waals surface area contributed by atoms with Gasteiger partial charge in [-0.25, -0.2) is 4.39 Å². The lowest BCUT2D eigenvalue weighted by molar-refractivity contribution is -0.135. The molecule has 0 aliphatic carbocycles. The Bertz CT molecular complexity index is 1000. The van der Waals surface area contributed by atoms with Crippen LogP contribution in [0.25, 0.3) is 0 Å². The lowest BCUT2D eigenvalue weighted by Crippen LogP contribution is -2.44. The summed E-state index contributed by atoms with van der Waals surface area (Å²) in [6.07, 6.45) is -5.74. The number of amides is 1. The van der Waals surface area contributed by atoms with E-state index in [1.807, 2.05) is 0 Å². The van der Waals surface area contributed by atoms with Gasteiger partial charge in [-0.05, 0) is 42.7 Å². The fourth-order valence-electron chi connectivity index (χ4n) is 3.33. The van der Waals surface area contributed by atoms with Gasteiger partial charge in [-0.3, -0.25) is 9.59 Å². The lowest BCUT2D eigenvalue weighted by Gasteiger charge is -2.25. The molecule has 0 saturated carbocycles. The first-order valence-electron chi connectivity index (χ1n) is 9.93. The minimum atomic E-state index is -4.29. The van der Waals surface area contributed by atoms with Crippen LogP contribution in [-0.2, 0) is 11.3 Å². The molecule has 1 atom stereocenters. The number of benzene rings is 2. The standard InChI is InChI=1S/C22H21ClF4N2O2S.ClH/c23-14-6-4-13(5-7-14)11-29-18-9-15(19(30)3-1-2-8-22(25,26)27)16(24)10-20(18)32-12-17(28)21(29)31;/h4-7,9-10,17H,1-3,8,11-12,28H2;1H/t17-;/m0./s1. The van der Waals surface area contributed by atoms with E-state index in [1.165, 1.54) is 28.8 Å². The summed E-state index contributed by atoms with van der Waals surface area (Å²) < 4.78 is 51.6. The summed E-state index contributed by atoms with van der Waals surface area (Å²) in [5.41, 5.74) is 6.85. The van der Waals surface area contributed by atoms with Gasteiger partial charge in [0.15, 0.2) is 5.78 Å². The van der Waals surface area contributed by atoms with Crippen molar-refractivity contribution >= 4 is 53.1 Å². The molecule has 0 saturated heterocycles. The van der Waals surface area contributed by atoms with E-state index in [1.54, 1.807) is 24.3 Å². The van der Waals surface area contributed by atoms with Crippen LogP contribution in [-0.4, -0.2) is 29.7 Å². The summed E-state index contributed by atoms with van der Waals surface area (Å²) in [6.45, 7) is 0.141. The first-order valence-corrected chi connectivity index (χ1v) is 11.3. The Balaban J connectivity index is 0.00000385. The van der Waals surface area contributed by atoms with Crippen molar-refractivity contribution in [3.05, 3.63) is 58.4 Å². The van der Waals surface area contributed by atoms with E-state index in [-0.39, 0.29) is 55.4 Å². The third-order valence-electron chi connectivity index (χ3n) is 5.01. The Hall–Kier alpha value is -1.81. The Morgan fingerprint density at radius 3 is 2.48 bits per heavy atom. The molecule has 4 nitrogen and oxygen atoms in total. The first kappa shape index (κ1) is 27.4. The maximum Gasteiger partial charge on any atom is 0.389 e. The molecule has 0 radical (unpaired) electrons. The summed E-state index contributed by atoms with van der Waals surface area (Å²) in [6, 6.07) is 8.51. The highest BCUT2D eigenvalue weighted by Gasteiger charge is 2.31. The van der Waals surface area contributed by atoms with Crippen LogP contribution in [0.5, 0.6) is 0 Å². The zero-order valence-electron chi connectivity index (χ0n) is 17.3. The molecule has 180 valence electrons. The number of anilines is 1. The summed E-state index contributed by atoms with van der Waals surface area (Å²) in [7, 11) is 0. The van der Waals surface area contributed by atoms with Gasteiger partial charge in [0, 0.05) is 28.5 Å². The number of thioether (sulfide) groups is 1. The number of carbonyl (C=O) groups excluding carboxylic acids is 2. The molecular weight excluding hydrogens is 503 g/mol. The largest absolute Gasteiger partial charge is 0.389 e. The van der Waals surface area contributed by atoms with Gasteiger partial charge in [0.1, 0.15) is 5.82 Å². The van der Waals surface area contributed by atoms with Crippen molar-refractivity contribution in [2.75, 3.05) is 10.7 Å². The Morgan fingerprint density at radius 1 is 1.18 bits per heavy atom. The maximum atomic E-state index is 14.7. The highest BCUT2D eigenvalue weighted by molar-refractivity contribution is 7.99. The van der Waals surface area contributed by atoms with E-state index in [0.29, 0.717) is 15.6 Å². The number of nitrogens with zero attached hydrogens (tertiary/aromatic N) is 1. The van der Waals surface area contributed by atoms with E-state index in [9.17, 15) is 27.2 Å².